The fourth-order valence-corrected chi connectivity index (χ4v) is 4.73. The van der Waals surface area contributed by atoms with Gasteiger partial charge in [-0.15, -0.1) is 0 Å². The molecule has 0 N–H and O–H groups in total. The van der Waals surface area contributed by atoms with Crippen LogP contribution < -0.4 is 0 Å². The number of halogens is 2. The lowest BCUT2D eigenvalue weighted by molar-refractivity contribution is -0.386. The van der Waals surface area contributed by atoms with Crippen LogP contribution in [0.2, 0.25) is 10.0 Å². The number of nitrogens with zero attached hydrogens (tertiary/aromatic N) is 5. The Bertz CT molecular complexity index is 1240. The largest absolute Gasteiger partial charge is 0.336 e. The van der Waals surface area contributed by atoms with E-state index in [-0.39, 0.29) is 11.6 Å². The molecular formula is C24H25Cl2N5O3. The Morgan fingerprint density at radius 1 is 1.06 bits per heavy atom. The van der Waals surface area contributed by atoms with Gasteiger partial charge >= 0.3 is 5.69 Å². The van der Waals surface area contributed by atoms with E-state index in [4.69, 9.17) is 23.2 Å². The molecule has 34 heavy (non-hydrogen) atoms. The molecule has 2 aromatic carbocycles. The summed E-state index contributed by atoms with van der Waals surface area (Å²) < 4.78 is 1.61. The lowest BCUT2D eigenvalue weighted by atomic mass is 10.1. The molecule has 0 unspecified atom stereocenters. The van der Waals surface area contributed by atoms with Crippen LogP contribution >= 0.6 is 23.2 Å². The van der Waals surface area contributed by atoms with Crippen LogP contribution in [0.4, 0.5) is 5.69 Å². The molecule has 0 radical (unpaired) electrons. The average Bonchev–Trinajstić information content (AvgIpc) is 3.08. The highest BCUT2D eigenvalue weighted by atomic mass is 35.5. The van der Waals surface area contributed by atoms with E-state index >= 15 is 0 Å². The third-order valence-electron chi connectivity index (χ3n) is 6.10. The van der Waals surface area contributed by atoms with Crippen LogP contribution in [0.1, 0.15) is 32.9 Å². The van der Waals surface area contributed by atoms with Crippen LogP contribution in [0.15, 0.2) is 42.5 Å². The molecular weight excluding hydrogens is 477 g/mol. The number of hydrogen-bond acceptors (Lipinski definition) is 5. The monoisotopic (exact) mass is 501 g/mol. The van der Waals surface area contributed by atoms with Crippen molar-refractivity contribution in [3.05, 3.63) is 90.7 Å². The second kappa shape index (κ2) is 10.1. The van der Waals surface area contributed by atoms with Gasteiger partial charge in [0.15, 0.2) is 0 Å². The highest BCUT2D eigenvalue weighted by molar-refractivity contribution is 6.35. The first-order valence-corrected chi connectivity index (χ1v) is 11.7. The van der Waals surface area contributed by atoms with Gasteiger partial charge in [0.1, 0.15) is 11.4 Å². The smallest absolute Gasteiger partial charge is 0.312 e. The molecule has 0 atom stereocenters. The van der Waals surface area contributed by atoms with Crippen molar-refractivity contribution in [2.24, 2.45) is 0 Å². The summed E-state index contributed by atoms with van der Waals surface area (Å²) in [4.78, 5) is 28.1. The van der Waals surface area contributed by atoms with Gasteiger partial charge in [-0.3, -0.25) is 24.5 Å². The Morgan fingerprint density at radius 2 is 1.79 bits per heavy atom. The number of piperazine rings is 1. The molecule has 1 aliphatic rings. The minimum atomic E-state index is -0.408. The highest BCUT2D eigenvalue weighted by Gasteiger charge is 2.24. The number of carbonyl (C=O) groups is 1. The van der Waals surface area contributed by atoms with E-state index in [2.05, 4.69) is 10.00 Å². The molecule has 1 saturated heterocycles. The molecule has 1 aliphatic heterocycles. The zero-order valence-corrected chi connectivity index (χ0v) is 20.5. The molecule has 178 valence electrons. The van der Waals surface area contributed by atoms with E-state index in [0.29, 0.717) is 53.2 Å². The third kappa shape index (κ3) is 5.24. The maximum absolute atomic E-state index is 13.1. The molecule has 0 saturated carbocycles. The Hall–Kier alpha value is -2.94. The van der Waals surface area contributed by atoms with Crippen molar-refractivity contribution in [3.8, 4) is 0 Å². The minimum absolute atomic E-state index is 0.0228. The van der Waals surface area contributed by atoms with Gasteiger partial charge in [-0.1, -0.05) is 41.4 Å². The predicted octanol–water partition coefficient (Wildman–Crippen LogP) is 4.72. The molecule has 0 bridgehead atoms. The molecule has 3 aromatic rings. The molecule has 2 heterocycles. The number of carbonyl (C=O) groups excluding carboxylic acids is 1. The first kappa shape index (κ1) is 24.2. The predicted molar refractivity (Wildman–Crippen MR) is 132 cm³/mol. The fourth-order valence-electron chi connectivity index (χ4n) is 4.26. The Labute approximate surface area is 207 Å². The Kier molecular flexibility index (Phi) is 7.21. The summed E-state index contributed by atoms with van der Waals surface area (Å²) >= 11 is 12.3. The zero-order chi connectivity index (χ0) is 24.4. The number of nitro groups is 1. The Balaban J connectivity index is 1.39. The highest BCUT2D eigenvalue weighted by Crippen LogP contribution is 2.24. The number of aromatic nitrogens is 2. The van der Waals surface area contributed by atoms with Crippen LogP contribution in [-0.2, 0) is 13.1 Å². The summed E-state index contributed by atoms with van der Waals surface area (Å²) in [6.45, 7) is 7.13. The summed E-state index contributed by atoms with van der Waals surface area (Å²) in [6, 6.07) is 12.9. The molecule has 4 rings (SSSR count). The van der Waals surface area contributed by atoms with Crippen molar-refractivity contribution < 1.29 is 9.72 Å². The fraction of sp³-hybridized carbons (Fsp3) is 0.333. The number of benzene rings is 2. The average molecular weight is 502 g/mol. The summed E-state index contributed by atoms with van der Waals surface area (Å²) in [5.41, 5.74) is 3.39. The van der Waals surface area contributed by atoms with E-state index in [0.717, 1.165) is 24.2 Å². The quantitative estimate of drug-likeness (QED) is 0.360. The molecule has 8 nitrogen and oxygen atoms in total. The maximum Gasteiger partial charge on any atom is 0.312 e. The number of rotatable bonds is 6. The van der Waals surface area contributed by atoms with Gasteiger partial charge in [-0.25, -0.2) is 0 Å². The topological polar surface area (TPSA) is 84.5 Å². The van der Waals surface area contributed by atoms with Crippen molar-refractivity contribution in [2.45, 2.75) is 26.9 Å². The van der Waals surface area contributed by atoms with Gasteiger partial charge < -0.3 is 4.90 Å². The van der Waals surface area contributed by atoms with Crippen molar-refractivity contribution >= 4 is 34.8 Å². The van der Waals surface area contributed by atoms with E-state index in [1.54, 1.807) is 30.7 Å². The zero-order valence-electron chi connectivity index (χ0n) is 19.0. The van der Waals surface area contributed by atoms with Crippen molar-refractivity contribution in [2.75, 3.05) is 26.2 Å². The van der Waals surface area contributed by atoms with Crippen molar-refractivity contribution in [1.29, 1.82) is 0 Å². The molecule has 0 aliphatic carbocycles. The van der Waals surface area contributed by atoms with Crippen molar-refractivity contribution in [1.82, 2.24) is 19.6 Å². The first-order chi connectivity index (χ1) is 16.2. The molecule has 1 amide bonds. The number of amides is 1. The molecule has 1 aromatic heterocycles. The Morgan fingerprint density at radius 3 is 2.44 bits per heavy atom. The summed E-state index contributed by atoms with van der Waals surface area (Å²) in [7, 11) is 0. The van der Waals surface area contributed by atoms with Gasteiger partial charge in [0, 0.05) is 48.3 Å². The van der Waals surface area contributed by atoms with Gasteiger partial charge in [0.05, 0.1) is 11.5 Å². The van der Waals surface area contributed by atoms with Gasteiger partial charge in [0.25, 0.3) is 5.91 Å². The summed E-state index contributed by atoms with van der Waals surface area (Å²) in [6.07, 6.45) is 0. The van der Waals surface area contributed by atoms with Gasteiger partial charge in [-0.05, 0) is 49.2 Å². The van der Waals surface area contributed by atoms with E-state index < -0.39 is 4.92 Å². The van der Waals surface area contributed by atoms with Crippen LogP contribution in [-0.4, -0.2) is 56.6 Å². The lowest BCUT2D eigenvalue weighted by Gasteiger charge is -2.35. The van der Waals surface area contributed by atoms with E-state index in [1.165, 1.54) is 0 Å². The minimum Gasteiger partial charge on any atom is -0.336 e. The normalized spacial score (nSPS) is 14.4. The lowest BCUT2D eigenvalue weighted by Crippen LogP contribution is -2.48. The summed E-state index contributed by atoms with van der Waals surface area (Å²) in [5.74, 6) is -0.0228. The molecule has 10 heteroatoms. The van der Waals surface area contributed by atoms with Crippen LogP contribution in [0.3, 0.4) is 0 Å². The second-order valence-corrected chi connectivity index (χ2v) is 9.28. The van der Waals surface area contributed by atoms with E-state index in [9.17, 15) is 14.9 Å². The maximum atomic E-state index is 13.1. The number of hydrogen-bond donors (Lipinski definition) is 0. The van der Waals surface area contributed by atoms with Crippen molar-refractivity contribution in [3.63, 3.8) is 0 Å². The summed E-state index contributed by atoms with van der Waals surface area (Å²) in [5, 5.41) is 16.8. The third-order valence-corrected chi connectivity index (χ3v) is 6.69. The van der Waals surface area contributed by atoms with Gasteiger partial charge in [-0.2, -0.15) is 5.10 Å². The first-order valence-electron chi connectivity index (χ1n) is 11.0. The number of aryl methyl sites for hydroxylation is 1. The van der Waals surface area contributed by atoms with Crippen LogP contribution in [0.5, 0.6) is 0 Å². The van der Waals surface area contributed by atoms with E-state index in [1.807, 2.05) is 35.2 Å². The SMILES string of the molecule is Cc1nn(Cc2cccc(C(=O)N3CCN(Cc4ccc(Cl)cc4Cl)CC3)c2)c(C)c1[N+](=O)[O-]. The van der Waals surface area contributed by atoms with Gasteiger partial charge in [0.2, 0.25) is 0 Å². The second-order valence-electron chi connectivity index (χ2n) is 8.44. The molecule has 1 fully saturated rings. The molecule has 0 spiro atoms. The van der Waals surface area contributed by atoms with Crippen LogP contribution in [0, 0.1) is 24.0 Å². The van der Waals surface area contributed by atoms with Crippen LogP contribution in [0.25, 0.3) is 0 Å². The standard InChI is InChI=1S/C24H25Cl2N5O3/c1-16-23(31(33)34)17(2)30(27-16)14-18-4-3-5-19(12-18)24(32)29-10-8-28(9-11-29)15-20-6-7-21(25)13-22(20)26/h3-7,12-13H,8-11,14-15H2,1-2H3.